The number of aliphatic carboxylic acids is 1. The number of ketones is 1. The van der Waals surface area contributed by atoms with Gasteiger partial charge < -0.3 is 24.6 Å². The number of nitrogens with one attached hydrogen (secondary N) is 1. The molecule has 144 valence electrons. The highest BCUT2D eigenvalue weighted by molar-refractivity contribution is 6.26. The van der Waals surface area contributed by atoms with Crippen LogP contribution in [0.4, 0.5) is 0 Å². The Kier molecular flexibility index (Phi) is 4.34. The Morgan fingerprint density at radius 1 is 1.29 bits per heavy atom. The van der Waals surface area contributed by atoms with E-state index in [0.29, 0.717) is 37.4 Å². The number of amides is 1. The Morgan fingerprint density at radius 3 is 2.71 bits per heavy atom. The SMILES string of the molecule is CC(=O)N1CCN(C2=C(C(=O)O)C(=O)C(=Cc3c[nH]c4ncccc34)O2)CC1. The second-order valence-electron chi connectivity index (χ2n) is 6.56. The molecule has 0 spiro atoms. The molecule has 0 radical (unpaired) electrons. The molecule has 0 atom stereocenters. The van der Waals surface area contributed by atoms with E-state index in [0.717, 1.165) is 5.39 Å². The van der Waals surface area contributed by atoms with E-state index in [4.69, 9.17) is 4.74 Å². The summed E-state index contributed by atoms with van der Waals surface area (Å²) in [5, 5.41) is 10.3. The number of aromatic amines is 1. The van der Waals surface area contributed by atoms with Gasteiger partial charge in [-0.05, 0) is 18.2 Å². The zero-order valence-electron chi connectivity index (χ0n) is 15.1. The highest BCUT2D eigenvalue weighted by atomic mass is 16.5. The fourth-order valence-corrected chi connectivity index (χ4v) is 3.39. The maximum absolute atomic E-state index is 12.7. The number of Topliss-reactive ketones (excluding diaryl/α,β-unsaturated/α-hetero) is 1. The van der Waals surface area contributed by atoms with Crippen LogP contribution in [0.5, 0.6) is 0 Å². The molecule has 1 fully saturated rings. The number of allylic oxidation sites excluding steroid dienone is 1. The lowest BCUT2D eigenvalue weighted by Gasteiger charge is -2.35. The smallest absolute Gasteiger partial charge is 0.345 e. The number of nitrogens with zero attached hydrogens (tertiary/aromatic N) is 3. The molecule has 2 N–H and O–H groups in total. The van der Waals surface area contributed by atoms with Gasteiger partial charge >= 0.3 is 5.97 Å². The molecule has 2 aliphatic rings. The Morgan fingerprint density at radius 2 is 2.04 bits per heavy atom. The van der Waals surface area contributed by atoms with E-state index in [9.17, 15) is 19.5 Å². The summed E-state index contributed by atoms with van der Waals surface area (Å²) < 4.78 is 5.70. The molecule has 0 aliphatic carbocycles. The first-order valence-corrected chi connectivity index (χ1v) is 8.80. The van der Waals surface area contributed by atoms with Crippen molar-refractivity contribution in [2.24, 2.45) is 0 Å². The zero-order valence-corrected chi connectivity index (χ0v) is 15.1. The van der Waals surface area contributed by atoms with Crippen LogP contribution in [0.1, 0.15) is 12.5 Å². The molecule has 1 saturated heterocycles. The van der Waals surface area contributed by atoms with Crippen molar-refractivity contribution in [3.8, 4) is 0 Å². The number of carbonyl (C=O) groups is 3. The van der Waals surface area contributed by atoms with Gasteiger partial charge in [-0.25, -0.2) is 9.78 Å². The van der Waals surface area contributed by atoms with Crippen molar-refractivity contribution in [1.82, 2.24) is 19.8 Å². The Bertz CT molecular complexity index is 1040. The minimum Gasteiger partial charge on any atom is -0.477 e. The van der Waals surface area contributed by atoms with Crippen molar-refractivity contribution < 1.29 is 24.2 Å². The van der Waals surface area contributed by atoms with Gasteiger partial charge in [-0.1, -0.05) is 0 Å². The number of carboxylic acid groups (broad SMARTS) is 1. The van der Waals surface area contributed by atoms with Gasteiger partial charge in [0.15, 0.2) is 11.3 Å². The number of hydrogen-bond donors (Lipinski definition) is 2. The summed E-state index contributed by atoms with van der Waals surface area (Å²) in [6.07, 6.45) is 4.85. The van der Waals surface area contributed by atoms with Gasteiger partial charge in [-0.3, -0.25) is 9.59 Å². The summed E-state index contributed by atoms with van der Waals surface area (Å²) >= 11 is 0. The highest BCUT2D eigenvalue weighted by Gasteiger charge is 2.39. The average molecular weight is 382 g/mol. The zero-order chi connectivity index (χ0) is 19.8. The van der Waals surface area contributed by atoms with Crippen molar-refractivity contribution in [3.05, 3.63) is 47.3 Å². The van der Waals surface area contributed by atoms with E-state index in [-0.39, 0.29) is 23.1 Å². The molecule has 28 heavy (non-hydrogen) atoms. The van der Waals surface area contributed by atoms with E-state index in [2.05, 4.69) is 9.97 Å². The third kappa shape index (κ3) is 3.00. The van der Waals surface area contributed by atoms with E-state index in [1.54, 1.807) is 28.3 Å². The lowest BCUT2D eigenvalue weighted by Crippen LogP contribution is -2.47. The fourth-order valence-electron chi connectivity index (χ4n) is 3.39. The number of carbonyl (C=O) groups excluding carboxylic acids is 2. The van der Waals surface area contributed by atoms with E-state index in [1.165, 1.54) is 13.0 Å². The maximum atomic E-state index is 12.7. The lowest BCUT2D eigenvalue weighted by molar-refractivity contribution is -0.134. The Labute approximate surface area is 159 Å². The molecular formula is C19H18N4O5. The van der Waals surface area contributed by atoms with Gasteiger partial charge in [0, 0.05) is 56.4 Å². The molecule has 2 aliphatic heterocycles. The normalized spacial score (nSPS) is 18.9. The molecule has 0 unspecified atom stereocenters. The van der Waals surface area contributed by atoms with Crippen LogP contribution in [-0.4, -0.2) is 68.7 Å². The number of aromatic nitrogens is 2. The van der Waals surface area contributed by atoms with Gasteiger partial charge in [-0.2, -0.15) is 0 Å². The van der Waals surface area contributed by atoms with Crippen molar-refractivity contribution in [1.29, 1.82) is 0 Å². The highest BCUT2D eigenvalue weighted by Crippen LogP contribution is 2.31. The second kappa shape index (κ2) is 6.84. The summed E-state index contributed by atoms with van der Waals surface area (Å²) in [4.78, 5) is 46.4. The largest absolute Gasteiger partial charge is 0.477 e. The molecule has 2 aromatic rings. The fraction of sp³-hybridized carbons (Fsp3) is 0.263. The molecule has 4 heterocycles. The predicted molar refractivity (Wildman–Crippen MR) is 98.7 cm³/mol. The van der Waals surface area contributed by atoms with Crippen LogP contribution in [0.2, 0.25) is 0 Å². The minimum absolute atomic E-state index is 0.0323. The number of ether oxygens (including phenoxy) is 1. The molecular weight excluding hydrogens is 364 g/mol. The number of hydrogen-bond acceptors (Lipinski definition) is 6. The van der Waals surface area contributed by atoms with Gasteiger partial charge in [-0.15, -0.1) is 0 Å². The molecule has 0 bridgehead atoms. The maximum Gasteiger partial charge on any atom is 0.345 e. The first kappa shape index (κ1) is 17.8. The number of carboxylic acids is 1. The summed E-state index contributed by atoms with van der Waals surface area (Å²) in [5.74, 6) is -2.06. The van der Waals surface area contributed by atoms with Crippen LogP contribution < -0.4 is 0 Å². The number of rotatable bonds is 3. The van der Waals surface area contributed by atoms with E-state index in [1.807, 2.05) is 6.07 Å². The van der Waals surface area contributed by atoms with Crippen LogP contribution in [-0.2, 0) is 19.1 Å². The number of pyridine rings is 1. The van der Waals surface area contributed by atoms with Crippen LogP contribution in [0.15, 0.2) is 41.7 Å². The van der Waals surface area contributed by atoms with Crippen molar-refractivity contribution >= 4 is 34.8 Å². The van der Waals surface area contributed by atoms with E-state index < -0.39 is 11.8 Å². The van der Waals surface area contributed by atoms with Crippen molar-refractivity contribution in [2.45, 2.75) is 6.92 Å². The van der Waals surface area contributed by atoms with Gasteiger partial charge in [0.1, 0.15) is 5.65 Å². The molecule has 4 rings (SSSR count). The quantitative estimate of drug-likeness (QED) is 0.600. The molecule has 1 amide bonds. The molecule has 2 aromatic heterocycles. The topological polar surface area (TPSA) is 116 Å². The van der Waals surface area contributed by atoms with Gasteiger partial charge in [0.05, 0.1) is 0 Å². The molecule has 0 aromatic carbocycles. The summed E-state index contributed by atoms with van der Waals surface area (Å²) in [6, 6.07) is 3.62. The standard InChI is InChI=1S/C19H18N4O5/c1-11(24)22-5-7-23(8-6-22)18-15(19(26)27)16(25)14(28-18)9-12-10-21-17-13(12)3-2-4-20-17/h2-4,9-10H,5-8H2,1H3,(H,20,21)(H,26,27). The van der Waals surface area contributed by atoms with E-state index >= 15 is 0 Å². The molecule has 0 saturated carbocycles. The summed E-state index contributed by atoms with van der Waals surface area (Å²) in [7, 11) is 0. The summed E-state index contributed by atoms with van der Waals surface area (Å²) in [6.45, 7) is 3.16. The lowest BCUT2D eigenvalue weighted by atomic mass is 10.1. The first-order chi connectivity index (χ1) is 13.5. The van der Waals surface area contributed by atoms with Crippen LogP contribution in [0, 0.1) is 0 Å². The Balaban J connectivity index is 1.63. The van der Waals surface area contributed by atoms with Gasteiger partial charge in [0.2, 0.25) is 17.6 Å². The predicted octanol–water partition coefficient (Wildman–Crippen LogP) is 0.963. The van der Waals surface area contributed by atoms with Crippen molar-refractivity contribution in [3.63, 3.8) is 0 Å². The average Bonchev–Trinajstić information content (AvgIpc) is 3.24. The Hall–Kier alpha value is -3.62. The first-order valence-electron chi connectivity index (χ1n) is 8.80. The second-order valence-corrected chi connectivity index (χ2v) is 6.56. The summed E-state index contributed by atoms with van der Waals surface area (Å²) in [5.41, 5.74) is 0.950. The third-order valence-corrected chi connectivity index (χ3v) is 4.87. The molecule has 9 heteroatoms. The number of piperazine rings is 1. The third-order valence-electron chi connectivity index (χ3n) is 4.87. The number of fused-ring (bicyclic) bond motifs is 1. The van der Waals surface area contributed by atoms with Crippen LogP contribution >= 0.6 is 0 Å². The monoisotopic (exact) mass is 382 g/mol. The molecule has 9 nitrogen and oxygen atoms in total. The minimum atomic E-state index is -1.34. The number of H-pyrrole nitrogens is 1. The van der Waals surface area contributed by atoms with Gasteiger partial charge in [0.25, 0.3) is 0 Å². The van der Waals surface area contributed by atoms with Crippen LogP contribution in [0.3, 0.4) is 0 Å². The van der Waals surface area contributed by atoms with Crippen molar-refractivity contribution in [2.75, 3.05) is 26.2 Å². The van der Waals surface area contributed by atoms with Crippen LogP contribution in [0.25, 0.3) is 17.1 Å².